The molecule has 168 valence electrons. The molecule has 0 unspecified atom stereocenters. The van der Waals surface area contributed by atoms with Gasteiger partial charge in [-0.2, -0.15) is 0 Å². The predicted octanol–water partition coefficient (Wildman–Crippen LogP) is 1.60. The Morgan fingerprint density at radius 3 is 2.42 bits per heavy atom. The van der Waals surface area contributed by atoms with E-state index in [4.69, 9.17) is 24.1 Å². The summed E-state index contributed by atoms with van der Waals surface area (Å²) in [6.45, 7) is 8.16. The zero-order chi connectivity index (χ0) is 22.8. The first-order chi connectivity index (χ1) is 14.8. The van der Waals surface area contributed by atoms with E-state index >= 15 is 0 Å². The minimum atomic E-state index is -1.26. The van der Waals surface area contributed by atoms with E-state index in [0.29, 0.717) is 30.1 Å². The average Bonchev–Trinajstić information content (AvgIpc) is 2.75. The number of carboxylic acids is 2. The molecule has 0 amide bonds. The third-order valence-corrected chi connectivity index (χ3v) is 4.42. The lowest BCUT2D eigenvalue weighted by atomic mass is 10.1. The minimum Gasteiger partial charge on any atom is -0.478 e. The number of anilines is 1. The molecule has 1 aromatic carbocycles. The highest BCUT2D eigenvalue weighted by Gasteiger charge is 2.17. The molecule has 2 heterocycles. The number of hydrogen-bond donors (Lipinski definition) is 3. The molecule has 1 aliphatic rings. The van der Waals surface area contributed by atoms with Gasteiger partial charge in [0.15, 0.2) is 6.79 Å². The van der Waals surface area contributed by atoms with Gasteiger partial charge in [-0.1, -0.05) is 0 Å². The molecule has 10 nitrogen and oxygen atoms in total. The molecule has 0 spiro atoms. The van der Waals surface area contributed by atoms with Gasteiger partial charge >= 0.3 is 17.6 Å². The van der Waals surface area contributed by atoms with Crippen LogP contribution in [-0.2, 0) is 14.3 Å². The lowest BCUT2D eigenvalue weighted by Gasteiger charge is -2.30. The Kier molecular flexibility index (Phi) is 9.04. The van der Waals surface area contributed by atoms with Crippen LogP contribution in [0.5, 0.6) is 5.75 Å². The number of carbonyl (C=O) groups is 2. The first kappa shape index (κ1) is 23.9. The number of nitrogens with one attached hydrogen (secondary N) is 1. The summed E-state index contributed by atoms with van der Waals surface area (Å²) in [5, 5.41) is 19.9. The Hall–Kier alpha value is -3.37. The number of piperazine rings is 1. The van der Waals surface area contributed by atoms with Crippen LogP contribution in [0.2, 0.25) is 0 Å². The maximum Gasteiger partial charge on any atom is 0.338 e. The number of hydrogen-bond acceptors (Lipinski definition) is 8. The zero-order valence-corrected chi connectivity index (χ0v) is 17.4. The molecule has 3 rings (SSSR count). The van der Waals surface area contributed by atoms with Gasteiger partial charge in [-0.15, -0.1) is 0 Å². The molecule has 0 saturated carbocycles. The first-order valence-electron chi connectivity index (χ1n) is 9.71. The fourth-order valence-electron chi connectivity index (χ4n) is 2.98. The van der Waals surface area contributed by atoms with E-state index in [0.717, 1.165) is 42.8 Å². The maximum atomic E-state index is 12.0. The summed E-state index contributed by atoms with van der Waals surface area (Å²) in [4.78, 5) is 33.3. The van der Waals surface area contributed by atoms with Gasteiger partial charge < -0.3 is 34.3 Å². The molecule has 1 saturated heterocycles. The van der Waals surface area contributed by atoms with Crippen LogP contribution in [0.3, 0.4) is 0 Å². The fraction of sp³-hybridized carbons (Fsp3) is 0.381. The smallest absolute Gasteiger partial charge is 0.338 e. The van der Waals surface area contributed by atoms with E-state index in [9.17, 15) is 14.4 Å². The molecule has 10 heteroatoms. The molecule has 31 heavy (non-hydrogen) atoms. The van der Waals surface area contributed by atoms with Crippen molar-refractivity contribution in [2.45, 2.75) is 13.8 Å². The van der Waals surface area contributed by atoms with Crippen molar-refractivity contribution in [1.82, 2.24) is 5.32 Å². The number of ether oxygens (including phenoxy) is 2. The number of carboxylic acid groups (broad SMARTS) is 2. The topological polar surface area (TPSA) is 139 Å². The van der Waals surface area contributed by atoms with Crippen LogP contribution in [0.15, 0.2) is 39.6 Å². The molecule has 0 bridgehead atoms. The van der Waals surface area contributed by atoms with Crippen molar-refractivity contribution in [3.63, 3.8) is 0 Å². The van der Waals surface area contributed by atoms with E-state index in [-0.39, 0.29) is 12.4 Å². The van der Waals surface area contributed by atoms with Crippen molar-refractivity contribution in [1.29, 1.82) is 0 Å². The van der Waals surface area contributed by atoms with Crippen LogP contribution in [0.4, 0.5) is 5.69 Å². The molecule has 1 aromatic heterocycles. The molecular weight excluding hydrogens is 408 g/mol. The number of benzene rings is 1. The van der Waals surface area contributed by atoms with Crippen LogP contribution >= 0.6 is 0 Å². The number of aliphatic carboxylic acids is 2. The first-order valence-corrected chi connectivity index (χ1v) is 9.71. The molecule has 1 aliphatic heterocycles. The van der Waals surface area contributed by atoms with Gasteiger partial charge in [0.05, 0.1) is 5.69 Å². The largest absolute Gasteiger partial charge is 0.478 e. The summed E-state index contributed by atoms with van der Waals surface area (Å²) in [6, 6.07) is 5.43. The molecule has 0 radical (unpaired) electrons. The number of fused-ring (bicyclic) bond motifs is 1. The van der Waals surface area contributed by atoms with Gasteiger partial charge in [0, 0.05) is 62.0 Å². The van der Waals surface area contributed by atoms with Crippen molar-refractivity contribution in [3.8, 4) is 5.75 Å². The van der Waals surface area contributed by atoms with E-state index in [2.05, 4.69) is 10.2 Å². The summed E-state index contributed by atoms with van der Waals surface area (Å²) in [7, 11) is 0. The second kappa shape index (κ2) is 11.7. The second-order valence-corrected chi connectivity index (χ2v) is 6.52. The van der Waals surface area contributed by atoms with Crippen molar-refractivity contribution in [2.24, 2.45) is 0 Å². The van der Waals surface area contributed by atoms with Crippen LogP contribution < -0.4 is 20.6 Å². The Labute approximate surface area is 178 Å². The van der Waals surface area contributed by atoms with E-state index in [1.807, 2.05) is 26.0 Å². The average molecular weight is 434 g/mol. The SMILES string of the molecule is CCOCOc1ccc2c(N3CCNCC3)cc(=O)oc2c1C.O=C(O)/C=C\C(=O)O. The Morgan fingerprint density at radius 2 is 1.84 bits per heavy atom. The highest BCUT2D eigenvalue weighted by molar-refractivity contribution is 5.93. The monoisotopic (exact) mass is 434 g/mol. The second-order valence-electron chi connectivity index (χ2n) is 6.52. The minimum absolute atomic E-state index is 0.185. The van der Waals surface area contributed by atoms with Crippen molar-refractivity contribution in [3.05, 3.63) is 46.3 Å². The Morgan fingerprint density at radius 1 is 1.19 bits per heavy atom. The number of rotatable bonds is 7. The Balaban J connectivity index is 0.000000366. The predicted molar refractivity (Wildman–Crippen MR) is 114 cm³/mol. The molecule has 2 aromatic rings. The summed E-state index contributed by atoms with van der Waals surface area (Å²) in [5.74, 6) is -1.84. The van der Waals surface area contributed by atoms with Crippen molar-refractivity contribution < 1.29 is 33.7 Å². The maximum absolute atomic E-state index is 12.0. The summed E-state index contributed by atoms with van der Waals surface area (Å²) in [6.07, 6.45) is 1.12. The number of nitrogens with zero attached hydrogens (tertiary/aromatic N) is 1. The quantitative estimate of drug-likeness (QED) is 0.255. The van der Waals surface area contributed by atoms with Crippen molar-refractivity contribution >= 4 is 28.6 Å². The fourth-order valence-corrected chi connectivity index (χ4v) is 2.98. The van der Waals surface area contributed by atoms with Gasteiger partial charge in [0.25, 0.3) is 0 Å². The van der Waals surface area contributed by atoms with E-state index in [1.54, 1.807) is 6.07 Å². The van der Waals surface area contributed by atoms with Gasteiger partial charge in [-0.05, 0) is 26.0 Å². The molecule has 0 atom stereocenters. The zero-order valence-electron chi connectivity index (χ0n) is 17.4. The summed E-state index contributed by atoms with van der Waals surface area (Å²) in [5.41, 5.74) is 1.99. The number of aryl methyl sites for hydroxylation is 1. The van der Waals surface area contributed by atoms with E-state index < -0.39 is 11.9 Å². The molecule has 1 fully saturated rings. The van der Waals surface area contributed by atoms with Gasteiger partial charge in [-0.3, -0.25) is 0 Å². The molecule has 3 N–H and O–H groups in total. The van der Waals surface area contributed by atoms with Crippen LogP contribution in [0.25, 0.3) is 11.0 Å². The normalized spacial score (nSPS) is 13.7. The Bertz CT molecular complexity index is 977. The van der Waals surface area contributed by atoms with Crippen LogP contribution in [0, 0.1) is 6.92 Å². The third-order valence-electron chi connectivity index (χ3n) is 4.42. The lowest BCUT2D eigenvalue weighted by molar-refractivity contribution is -0.134. The molecular formula is C21H26N2O8. The summed E-state index contributed by atoms with van der Waals surface area (Å²) < 4.78 is 16.3. The van der Waals surface area contributed by atoms with Crippen LogP contribution in [0.1, 0.15) is 12.5 Å². The lowest BCUT2D eigenvalue weighted by Crippen LogP contribution is -2.43. The highest BCUT2D eigenvalue weighted by atomic mass is 16.7. The molecule has 0 aliphatic carbocycles. The van der Waals surface area contributed by atoms with Crippen molar-refractivity contribution in [2.75, 3.05) is 44.5 Å². The van der Waals surface area contributed by atoms with Gasteiger partial charge in [0.1, 0.15) is 11.3 Å². The van der Waals surface area contributed by atoms with Gasteiger partial charge in [-0.25, -0.2) is 14.4 Å². The van der Waals surface area contributed by atoms with E-state index in [1.165, 1.54) is 0 Å². The summed E-state index contributed by atoms with van der Waals surface area (Å²) >= 11 is 0. The van der Waals surface area contributed by atoms with Crippen LogP contribution in [-0.4, -0.2) is 61.7 Å². The standard InChI is InChI=1S/C17H22N2O4.C4H4O4/c1-3-21-11-22-15-5-4-13-14(19-8-6-18-7-9-19)10-16(20)23-17(13)12(15)2;5-3(6)1-2-4(7)8/h4-5,10,18H,3,6-9,11H2,1-2H3;1-2H,(H,5,6)(H,7,8)/b;2-1-. The third kappa shape index (κ3) is 7.12. The highest BCUT2D eigenvalue weighted by Crippen LogP contribution is 2.32. The van der Waals surface area contributed by atoms with Gasteiger partial charge in [0.2, 0.25) is 0 Å².